The van der Waals surface area contributed by atoms with Crippen molar-refractivity contribution >= 4 is 17.4 Å². The molecule has 0 amide bonds. The normalized spacial score (nSPS) is 23.9. The molecule has 1 aliphatic heterocycles. The molecule has 0 saturated carbocycles. The van der Waals surface area contributed by atoms with Crippen molar-refractivity contribution < 1.29 is 0 Å². The van der Waals surface area contributed by atoms with Gasteiger partial charge in [0.25, 0.3) is 0 Å². The Labute approximate surface area is 107 Å². The number of aromatic nitrogens is 2. The molecule has 1 unspecified atom stereocenters. The van der Waals surface area contributed by atoms with E-state index in [2.05, 4.69) is 22.0 Å². The summed E-state index contributed by atoms with van der Waals surface area (Å²) in [6, 6.07) is 0.594. The average molecular weight is 252 g/mol. The second-order valence-electron chi connectivity index (χ2n) is 5.16. The number of hydrogen-bond acceptors (Lipinski definition) is 3. The van der Waals surface area contributed by atoms with Gasteiger partial charge in [0.2, 0.25) is 0 Å². The van der Waals surface area contributed by atoms with Gasteiger partial charge in [-0.2, -0.15) is 0 Å². The van der Waals surface area contributed by atoms with E-state index in [1.165, 1.54) is 36.8 Å². The Balaban J connectivity index is 2.04. The van der Waals surface area contributed by atoms with Crippen LogP contribution in [0.15, 0.2) is 0 Å². The standard InChI is InChI=1S/C13H18ClN3/c1-9-5-4-8-17(9)13-11-7-3-2-6-10(11)12(14)15-16-13/h9H,2-8H2,1H3. The van der Waals surface area contributed by atoms with Crippen molar-refractivity contribution in [3.63, 3.8) is 0 Å². The molecule has 1 aliphatic carbocycles. The third-order valence-electron chi connectivity index (χ3n) is 4.04. The van der Waals surface area contributed by atoms with Crippen LogP contribution in [0.25, 0.3) is 0 Å². The van der Waals surface area contributed by atoms with Crippen molar-refractivity contribution in [3.8, 4) is 0 Å². The number of fused-ring (bicyclic) bond motifs is 1. The zero-order chi connectivity index (χ0) is 11.8. The monoisotopic (exact) mass is 251 g/mol. The van der Waals surface area contributed by atoms with Gasteiger partial charge in [-0.25, -0.2) is 0 Å². The van der Waals surface area contributed by atoms with E-state index in [1.54, 1.807) is 0 Å². The predicted molar refractivity (Wildman–Crippen MR) is 69.7 cm³/mol. The van der Waals surface area contributed by atoms with Gasteiger partial charge >= 0.3 is 0 Å². The van der Waals surface area contributed by atoms with Crippen LogP contribution in [-0.2, 0) is 12.8 Å². The molecule has 1 fully saturated rings. The molecule has 0 bridgehead atoms. The molecule has 4 heteroatoms. The first-order valence-corrected chi connectivity index (χ1v) is 6.95. The van der Waals surface area contributed by atoms with Gasteiger partial charge in [-0.15, -0.1) is 10.2 Å². The minimum absolute atomic E-state index is 0.594. The van der Waals surface area contributed by atoms with Crippen LogP contribution in [0.5, 0.6) is 0 Å². The first-order valence-electron chi connectivity index (χ1n) is 6.58. The number of anilines is 1. The Morgan fingerprint density at radius 1 is 1.12 bits per heavy atom. The first kappa shape index (κ1) is 11.3. The molecule has 0 radical (unpaired) electrons. The summed E-state index contributed by atoms with van der Waals surface area (Å²) in [6.45, 7) is 3.39. The van der Waals surface area contributed by atoms with Crippen LogP contribution in [-0.4, -0.2) is 22.8 Å². The zero-order valence-electron chi connectivity index (χ0n) is 10.2. The fourth-order valence-electron chi connectivity index (χ4n) is 3.07. The second kappa shape index (κ2) is 4.45. The summed E-state index contributed by atoms with van der Waals surface area (Å²) in [5, 5.41) is 9.13. The molecule has 92 valence electrons. The van der Waals surface area contributed by atoms with E-state index >= 15 is 0 Å². The molecule has 2 heterocycles. The summed E-state index contributed by atoms with van der Waals surface area (Å²) in [6.07, 6.45) is 7.19. The highest BCUT2D eigenvalue weighted by Gasteiger charge is 2.27. The van der Waals surface area contributed by atoms with Crippen molar-refractivity contribution in [1.29, 1.82) is 0 Å². The lowest BCUT2D eigenvalue weighted by Crippen LogP contribution is -2.29. The third-order valence-corrected chi connectivity index (χ3v) is 4.35. The Bertz CT molecular complexity index is 433. The molecule has 3 nitrogen and oxygen atoms in total. The van der Waals surface area contributed by atoms with Crippen LogP contribution < -0.4 is 4.90 Å². The molecular formula is C13H18ClN3. The molecule has 1 aromatic heterocycles. The number of nitrogens with zero attached hydrogens (tertiary/aromatic N) is 3. The number of halogens is 1. The maximum atomic E-state index is 6.17. The van der Waals surface area contributed by atoms with Crippen LogP contribution in [0, 0.1) is 0 Å². The van der Waals surface area contributed by atoms with Gasteiger partial charge in [0.15, 0.2) is 11.0 Å². The van der Waals surface area contributed by atoms with Crippen molar-refractivity contribution in [2.75, 3.05) is 11.4 Å². The topological polar surface area (TPSA) is 29.0 Å². The van der Waals surface area contributed by atoms with Gasteiger partial charge in [-0.1, -0.05) is 11.6 Å². The molecular weight excluding hydrogens is 234 g/mol. The van der Waals surface area contributed by atoms with Gasteiger partial charge < -0.3 is 4.90 Å². The fraction of sp³-hybridized carbons (Fsp3) is 0.692. The van der Waals surface area contributed by atoms with E-state index in [-0.39, 0.29) is 0 Å². The largest absolute Gasteiger partial charge is 0.352 e. The molecule has 0 aromatic carbocycles. The maximum Gasteiger partial charge on any atom is 0.155 e. The van der Waals surface area contributed by atoms with Crippen molar-refractivity contribution in [2.45, 2.75) is 51.5 Å². The first-order chi connectivity index (χ1) is 8.27. The van der Waals surface area contributed by atoms with Gasteiger partial charge in [-0.3, -0.25) is 0 Å². The fourth-order valence-corrected chi connectivity index (χ4v) is 3.32. The molecule has 0 N–H and O–H groups in total. The van der Waals surface area contributed by atoms with Crippen molar-refractivity contribution in [1.82, 2.24) is 10.2 Å². The lowest BCUT2D eigenvalue weighted by molar-refractivity contribution is 0.656. The summed E-state index contributed by atoms with van der Waals surface area (Å²) < 4.78 is 0. The lowest BCUT2D eigenvalue weighted by atomic mass is 9.93. The van der Waals surface area contributed by atoms with Crippen molar-refractivity contribution in [2.24, 2.45) is 0 Å². The SMILES string of the molecule is CC1CCCN1c1nnc(Cl)c2c1CCCC2. The minimum atomic E-state index is 0.594. The molecule has 17 heavy (non-hydrogen) atoms. The summed E-state index contributed by atoms with van der Waals surface area (Å²) >= 11 is 6.17. The highest BCUT2D eigenvalue weighted by atomic mass is 35.5. The molecule has 3 rings (SSSR count). The minimum Gasteiger partial charge on any atom is -0.352 e. The molecule has 1 saturated heterocycles. The van der Waals surface area contributed by atoms with E-state index < -0.39 is 0 Å². The van der Waals surface area contributed by atoms with Crippen LogP contribution in [0.1, 0.15) is 43.7 Å². The van der Waals surface area contributed by atoms with E-state index in [9.17, 15) is 0 Å². The van der Waals surface area contributed by atoms with E-state index in [0.717, 1.165) is 25.2 Å². The van der Waals surface area contributed by atoms with Gasteiger partial charge in [0, 0.05) is 18.2 Å². The van der Waals surface area contributed by atoms with Crippen LogP contribution in [0.2, 0.25) is 5.15 Å². The number of rotatable bonds is 1. The maximum absolute atomic E-state index is 6.17. The van der Waals surface area contributed by atoms with Gasteiger partial charge in [-0.05, 0) is 51.0 Å². The molecule has 2 aliphatic rings. The molecule has 0 spiro atoms. The zero-order valence-corrected chi connectivity index (χ0v) is 11.0. The summed E-state index contributed by atoms with van der Waals surface area (Å²) in [4.78, 5) is 2.41. The average Bonchev–Trinajstić information content (AvgIpc) is 2.77. The van der Waals surface area contributed by atoms with Gasteiger partial charge in [0.05, 0.1) is 0 Å². The van der Waals surface area contributed by atoms with Crippen LogP contribution in [0.3, 0.4) is 0 Å². The van der Waals surface area contributed by atoms with Crippen LogP contribution in [0.4, 0.5) is 5.82 Å². The van der Waals surface area contributed by atoms with Crippen molar-refractivity contribution in [3.05, 3.63) is 16.3 Å². The Hall–Kier alpha value is -0.830. The van der Waals surface area contributed by atoms with Crippen LogP contribution >= 0.6 is 11.6 Å². The highest BCUT2D eigenvalue weighted by molar-refractivity contribution is 6.30. The summed E-state index contributed by atoms with van der Waals surface area (Å²) in [5.74, 6) is 1.11. The molecule has 1 atom stereocenters. The quantitative estimate of drug-likeness (QED) is 0.768. The Kier molecular flexibility index (Phi) is 2.95. The third kappa shape index (κ3) is 1.90. The molecule has 1 aromatic rings. The van der Waals surface area contributed by atoms with E-state index in [1.807, 2.05) is 0 Å². The number of hydrogen-bond donors (Lipinski definition) is 0. The van der Waals surface area contributed by atoms with Gasteiger partial charge in [0.1, 0.15) is 0 Å². The lowest BCUT2D eigenvalue weighted by Gasteiger charge is -2.27. The summed E-state index contributed by atoms with van der Waals surface area (Å²) in [7, 11) is 0. The Morgan fingerprint density at radius 2 is 1.88 bits per heavy atom. The predicted octanol–water partition coefficient (Wildman–Crippen LogP) is 3.00. The van der Waals surface area contributed by atoms with E-state index in [4.69, 9.17) is 11.6 Å². The smallest absolute Gasteiger partial charge is 0.155 e. The summed E-state index contributed by atoms with van der Waals surface area (Å²) in [5.41, 5.74) is 2.62. The second-order valence-corrected chi connectivity index (χ2v) is 5.52. The van der Waals surface area contributed by atoms with E-state index in [0.29, 0.717) is 11.2 Å². The Morgan fingerprint density at radius 3 is 2.59 bits per heavy atom. The highest BCUT2D eigenvalue weighted by Crippen LogP contribution is 2.34.